The molecule has 1 N–H and O–H groups in total. The molecule has 1 aromatic rings. The molecule has 0 bridgehead atoms. The molecule has 0 amide bonds. The summed E-state index contributed by atoms with van der Waals surface area (Å²) >= 11 is 0. The molecule has 0 aromatic heterocycles. The molecule has 1 rings (SSSR count). The second kappa shape index (κ2) is 7.22. The Morgan fingerprint density at radius 2 is 1.75 bits per heavy atom. The minimum atomic E-state index is -2.57. The molecule has 7 heteroatoms. The fourth-order valence-electron chi connectivity index (χ4n) is 1.30. The van der Waals surface area contributed by atoms with Crippen LogP contribution in [0.3, 0.4) is 0 Å². The quantitative estimate of drug-likeness (QED) is 0.664. The molecule has 0 saturated carbocycles. The summed E-state index contributed by atoms with van der Waals surface area (Å²) in [6.07, 6.45) is -1.66. The summed E-state index contributed by atoms with van der Waals surface area (Å²) in [5, 5.41) is 2.60. The van der Waals surface area contributed by atoms with Crippen molar-refractivity contribution in [2.75, 3.05) is 19.5 Å². The number of anilines is 1. The van der Waals surface area contributed by atoms with Crippen LogP contribution < -0.4 is 5.32 Å². The van der Waals surface area contributed by atoms with E-state index in [4.69, 9.17) is 0 Å². The lowest BCUT2D eigenvalue weighted by Gasteiger charge is -2.09. The number of esters is 2. The third kappa shape index (κ3) is 4.34. The monoisotopic (exact) mass is 285 g/mol. The van der Waals surface area contributed by atoms with Crippen molar-refractivity contribution in [2.45, 2.75) is 6.43 Å². The van der Waals surface area contributed by atoms with E-state index in [2.05, 4.69) is 14.8 Å². The number of alkyl halides is 2. The van der Waals surface area contributed by atoms with Crippen molar-refractivity contribution in [2.24, 2.45) is 0 Å². The highest BCUT2D eigenvalue weighted by atomic mass is 19.3. The summed E-state index contributed by atoms with van der Waals surface area (Å²) in [4.78, 5) is 22.6. The van der Waals surface area contributed by atoms with Crippen LogP contribution in [-0.2, 0) is 19.1 Å². The van der Waals surface area contributed by atoms with Crippen molar-refractivity contribution in [3.63, 3.8) is 0 Å². The third-order valence-corrected chi connectivity index (χ3v) is 2.31. The van der Waals surface area contributed by atoms with Crippen LogP contribution in [0, 0.1) is 0 Å². The van der Waals surface area contributed by atoms with Gasteiger partial charge in [0.25, 0.3) is 6.43 Å². The lowest BCUT2D eigenvalue weighted by atomic mass is 10.2. The molecule has 0 spiro atoms. The second-order valence-corrected chi connectivity index (χ2v) is 3.62. The number of halogens is 2. The summed E-state index contributed by atoms with van der Waals surface area (Å²) in [6.45, 7) is 0. The number of hydrogen-bond donors (Lipinski definition) is 1. The zero-order valence-electron chi connectivity index (χ0n) is 10.9. The third-order valence-electron chi connectivity index (χ3n) is 2.31. The van der Waals surface area contributed by atoms with Crippen molar-refractivity contribution in [1.29, 1.82) is 0 Å². The Morgan fingerprint density at radius 3 is 2.20 bits per heavy atom. The van der Waals surface area contributed by atoms with Gasteiger partial charge in [0.1, 0.15) is 5.70 Å². The number of ether oxygens (including phenoxy) is 2. The first-order valence-corrected chi connectivity index (χ1v) is 5.51. The van der Waals surface area contributed by atoms with Crippen LogP contribution in [0.5, 0.6) is 0 Å². The Labute approximate surface area is 114 Å². The molecule has 1 aromatic carbocycles. The van der Waals surface area contributed by atoms with Crippen molar-refractivity contribution in [3.8, 4) is 0 Å². The maximum absolute atomic E-state index is 12.4. The van der Waals surface area contributed by atoms with Gasteiger partial charge in [-0.25, -0.2) is 18.4 Å². The minimum Gasteiger partial charge on any atom is -0.466 e. The van der Waals surface area contributed by atoms with Crippen LogP contribution >= 0.6 is 0 Å². The molecule has 20 heavy (non-hydrogen) atoms. The fourth-order valence-corrected chi connectivity index (χ4v) is 1.30. The molecular formula is C13H13F2NO4. The highest BCUT2D eigenvalue weighted by Gasteiger charge is 2.13. The largest absolute Gasteiger partial charge is 0.466 e. The number of hydrogen-bond acceptors (Lipinski definition) is 5. The van der Waals surface area contributed by atoms with Gasteiger partial charge in [-0.15, -0.1) is 0 Å². The average molecular weight is 285 g/mol. The number of nitrogens with one attached hydrogen (secondary N) is 1. The summed E-state index contributed by atoms with van der Waals surface area (Å²) in [5.41, 5.74) is 0.0474. The van der Waals surface area contributed by atoms with Crippen molar-refractivity contribution >= 4 is 17.6 Å². The lowest BCUT2D eigenvalue weighted by molar-refractivity contribution is -0.138. The van der Waals surface area contributed by atoms with Crippen molar-refractivity contribution in [1.82, 2.24) is 0 Å². The first-order chi connectivity index (χ1) is 9.47. The van der Waals surface area contributed by atoms with Gasteiger partial charge in [0, 0.05) is 11.3 Å². The van der Waals surface area contributed by atoms with Crippen LogP contribution in [-0.4, -0.2) is 26.2 Å². The molecule has 0 saturated heterocycles. The normalized spacial score (nSPS) is 11.2. The SMILES string of the molecule is COC(=O)/C=C(/Nc1ccc(C(F)F)cc1)C(=O)OC. The minimum absolute atomic E-state index is 0.146. The van der Waals surface area contributed by atoms with Crippen LogP contribution in [0.1, 0.15) is 12.0 Å². The number of carbonyl (C=O) groups is 2. The summed E-state index contributed by atoms with van der Waals surface area (Å²) in [6, 6.07) is 5.13. The first-order valence-electron chi connectivity index (χ1n) is 5.51. The highest BCUT2D eigenvalue weighted by molar-refractivity contribution is 5.98. The van der Waals surface area contributed by atoms with Crippen LogP contribution in [0.2, 0.25) is 0 Å². The standard InChI is InChI=1S/C13H13F2NO4/c1-19-11(17)7-10(13(18)20-2)16-9-5-3-8(4-6-9)12(14)15/h3-7,12,16H,1-2H3/b10-7+. The molecule has 108 valence electrons. The number of methoxy groups -OCH3 is 2. The molecule has 0 atom stereocenters. The molecule has 0 radical (unpaired) electrons. The van der Waals surface area contributed by atoms with Gasteiger partial charge < -0.3 is 14.8 Å². The maximum atomic E-state index is 12.4. The molecule has 5 nitrogen and oxygen atoms in total. The zero-order valence-corrected chi connectivity index (χ0v) is 10.9. The maximum Gasteiger partial charge on any atom is 0.354 e. The Hall–Kier alpha value is -2.44. The van der Waals surface area contributed by atoms with Crippen LogP contribution in [0.15, 0.2) is 36.0 Å². The van der Waals surface area contributed by atoms with E-state index in [0.29, 0.717) is 5.69 Å². The van der Waals surface area contributed by atoms with Crippen molar-refractivity contribution < 1.29 is 27.8 Å². The summed E-state index contributed by atoms with van der Waals surface area (Å²) in [5.74, 6) is -1.53. The van der Waals surface area contributed by atoms with E-state index >= 15 is 0 Å². The van der Waals surface area contributed by atoms with Crippen LogP contribution in [0.25, 0.3) is 0 Å². The van der Waals surface area contributed by atoms with Crippen molar-refractivity contribution in [3.05, 3.63) is 41.6 Å². The first kappa shape index (κ1) is 15.6. The Morgan fingerprint density at radius 1 is 1.15 bits per heavy atom. The molecule has 0 unspecified atom stereocenters. The molecule has 0 aliphatic heterocycles. The number of benzene rings is 1. The number of rotatable bonds is 5. The second-order valence-electron chi connectivity index (χ2n) is 3.62. The molecule has 0 heterocycles. The predicted octanol–water partition coefficient (Wildman–Crippen LogP) is 2.27. The van der Waals surface area contributed by atoms with E-state index in [1.165, 1.54) is 24.3 Å². The van der Waals surface area contributed by atoms with Gasteiger partial charge in [0.2, 0.25) is 0 Å². The summed E-state index contributed by atoms with van der Waals surface area (Å²) < 4.78 is 33.7. The highest BCUT2D eigenvalue weighted by Crippen LogP contribution is 2.21. The van der Waals surface area contributed by atoms with Gasteiger partial charge in [-0.1, -0.05) is 12.1 Å². The van der Waals surface area contributed by atoms with Gasteiger partial charge in [-0.3, -0.25) is 0 Å². The number of carbonyl (C=O) groups excluding carboxylic acids is 2. The zero-order chi connectivity index (χ0) is 15.1. The molecule has 0 aliphatic rings. The predicted molar refractivity (Wildman–Crippen MR) is 67.1 cm³/mol. The Bertz CT molecular complexity index is 512. The fraction of sp³-hybridized carbons (Fsp3) is 0.231. The molecular weight excluding hydrogens is 272 g/mol. The van der Waals surface area contributed by atoms with Gasteiger partial charge in [0.15, 0.2) is 0 Å². The smallest absolute Gasteiger partial charge is 0.354 e. The van der Waals surface area contributed by atoms with Crippen LogP contribution in [0.4, 0.5) is 14.5 Å². The van der Waals surface area contributed by atoms with Gasteiger partial charge in [-0.05, 0) is 12.1 Å². The van der Waals surface area contributed by atoms with Gasteiger partial charge in [-0.2, -0.15) is 0 Å². The van der Waals surface area contributed by atoms with E-state index in [0.717, 1.165) is 20.3 Å². The van der Waals surface area contributed by atoms with Gasteiger partial charge in [0.05, 0.1) is 20.3 Å². The lowest BCUT2D eigenvalue weighted by Crippen LogP contribution is -2.15. The molecule has 0 aliphatic carbocycles. The van der Waals surface area contributed by atoms with E-state index in [9.17, 15) is 18.4 Å². The van der Waals surface area contributed by atoms with E-state index in [1.54, 1.807) is 0 Å². The Kier molecular flexibility index (Phi) is 5.64. The van der Waals surface area contributed by atoms with E-state index in [1.807, 2.05) is 0 Å². The van der Waals surface area contributed by atoms with E-state index in [-0.39, 0.29) is 11.3 Å². The Balaban J connectivity index is 2.92. The summed E-state index contributed by atoms with van der Waals surface area (Å²) in [7, 11) is 2.31. The average Bonchev–Trinajstić information content (AvgIpc) is 2.46. The molecule has 0 fully saturated rings. The van der Waals surface area contributed by atoms with Gasteiger partial charge >= 0.3 is 11.9 Å². The topological polar surface area (TPSA) is 64.6 Å². The van der Waals surface area contributed by atoms with E-state index < -0.39 is 18.4 Å².